The Morgan fingerprint density at radius 2 is 2.08 bits per heavy atom. The molecule has 6 heteroatoms. The SMILES string of the molecule is COc1cccc(N2CC(CNC(=O)c3cccc(C)c3)OCC2=O)c1. The number of amides is 2. The minimum absolute atomic E-state index is 0.0117. The number of methoxy groups -OCH3 is 1. The Morgan fingerprint density at radius 1 is 1.27 bits per heavy atom. The smallest absolute Gasteiger partial charge is 0.253 e. The number of carbonyl (C=O) groups excluding carboxylic acids is 2. The number of aryl methyl sites for hydroxylation is 1. The Morgan fingerprint density at radius 3 is 2.85 bits per heavy atom. The fourth-order valence-electron chi connectivity index (χ4n) is 2.87. The Balaban J connectivity index is 1.62. The molecule has 1 unspecified atom stereocenters. The van der Waals surface area contributed by atoms with Gasteiger partial charge >= 0.3 is 0 Å². The molecule has 1 saturated heterocycles. The monoisotopic (exact) mass is 354 g/mol. The third kappa shape index (κ3) is 4.21. The lowest BCUT2D eigenvalue weighted by molar-refractivity contribution is -0.129. The fourth-order valence-corrected chi connectivity index (χ4v) is 2.87. The van der Waals surface area contributed by atoms with Gasteiger partial charge in [-0.2, -0.15) is 0 Å². The number of morpholine rings is 1. The van der Waals surface area contributed by atoms with Crippen LogP contribution in [-0.4, -0.2) is 44.7 Å². The zero-order valence-electron chi connectivity index (χ0n) is 14.9. The Kier molecular flexibility index (Phi) is 5.53. The van der Waals surface area contributed by atoms with E-state index in [1.54, 1.807) is 18.1 Å². The van der Waals surface area contributed by atoms with Crippen molar-refractivity contribution in [1.82, 2.24) is 5.32 Å². The van der Waals surface area contributed by atoms with Crippen molar-refractivity contribution in [2.24, 2.45) is 0 Å². The lowest BCUT2D eigenvalue weighted by Gasteiger charge is -2.33. The second-order valence-corrected chi connectivity index (χ2v) is 6.22. The molecule has 0 aromatic heterocycles. The lowest BCUT2D eigenvalue weighted by atomic mass is 10.1. The molecule has 1 atom stereocenters. The molecule has 6 nitrogen and oxygen atoms in total. The summed E-state index contributed by atoms with van der Waals surface area (Å²) >= 11 is 0. The number of hydrogen-bond acceptors (Lipinski definition) is 4. The Hall–Kier alpha value is -2.86. The summed E-state index contributed by atoms with van der Waals surface area (Å²) < 4.78 is 10.8. The molecule has 2 amide bonds. The van der Waals surface area contributed by atoms with Gasteiger partial charge in [0.25, 0.3) is 11.8 Å². The van der Waals surface area contributed by atoms with E-state index >= 15 is 0 Å². The van der Waals surface area contributed by atoms with E-state index in [2.05, 4.69) is 5.32 Å². The average Bonchev–Trinajstić information content (AvgIpc) is 2.67. The molecular formula is C20H22N2O4. The molecule has 0 aliphatic carbocycles. The molecule has 2 aromatic carbocycles. The zero-order valence-corrected chi connectivity index (χ0v) is 14.9. The average molecular weight is 354 g/mol. The lowest BCUT2D eigenvalue weighted by Crippen LogP contribution is -2.50. The van der Waals surface area contributed by atoms with Crippen molar-refractivity contribution in [2.75, 3.05) is 31.7 Å². The van der Waals surface area contributed by atoms with Crippen LogP contribution in [0.15, 0.2) is 48.5 Å². The van der Waals surface area contributed by atoms with Crippen molar-refractivity contribution in [2.45, 2.75) is 13.0 Å². The van der Waals surface area contributed by atoms with Gasteiger partial charge in [-0.25, -0.2) is 0 Å². The summed E-state index contributed by atoms with van der Waals surface area (Å²) in [5.41, 5.74) is 2.40. The first-order chi connectivity index (χ1) is 12.6. The summed E-state index contributed by atoms with van der Waals surface area (Å²) in [6.07, 6.45) is -0.271. The van der Waals surface area contributed by atoms with Crippen LogP contribution in [0, 0.1) is 6.92 Å². The molecule has 3 rings (SSSR count). The van der Waals surface area contributed by atoms with Crippen LogP contribution in [0.2, 0.25) is 0 Å². The molecule has 136 valence electrons. The van der Waals surface area contributed by atoms with Gasteiger partial charge in [0.05, 0.1) is 19.8 Å². The third-order valence-electron chi connectivity index (χ3n) is 4.27. The van der Waals surface area contributed by atoms with E-state index in [-0.39, 0.29) is 24.5 Å². The number of carbonyl (C=O) groups is 2. The van der Waals surface area contributed by atoms with Crippen LogP contribution >= 0.6 is 0 Å². The van der Waals surface area contributed by atoms with E-state index in [0.29, 0.717) is 24.4 Å². The van der Waals surface area contributed by atoms with Gasteiger partial charge in [-0.15, -0.1) is 0 Å². The van der Waals surface area contributed by atoms with Crippen LogP contribution in [-0.2, 0) is 9.53 Å². The molecule has 1 N–H and O–H groups in total. The first kappa shape index (κ1) is 17.9. The second-order valence-electron chi connectivity index (χ2n) is 6.22. The van der Waals surface area contributed by atoms with Gasteiger partial charge in [0.2, 0.25) is 0 Å². The van der Waals surface area contributed by atoms with Crippen molar-refractivity contribution < 1.29 is 19.1 Å². The van der Waals surface area contributed by atoms with Crippen LogP contribution in [0.3, 0.4) is 0 Å². The number of ether oxygens (including phenoxy) is 2. The summed E-state index contributed by atoms with van der Waals surface area (Å²) in [7, 11) is 1.59. The highest BCUT2D eigenvalue weighted by atomic mass is 16.5. The number of nitrogens with zero attached hydrogens (tertiary/aromatic N) is 1. The van der Waals surface area contributed by atoms with E-state index in [9.17, 15) is 9.59 Å². The molecule has 1 aliphatic heterocycles. The van der Waals surface area contributed by atoms with Crippen LogP contribution in [0.5, 0.6) is 5.75 Å². The minimum atomic E-state index is -0.271. The molecule has 2 aromatic rings. The first-order valence-electron chi connectivity index (χ1n) is 8.47. The van der Waals surface area contributed by atoms with Crippen molar-refractivity contribution in [1.29, 1.82) is 0 Å². The molecule has 1 fully saturated rings. The van der Waals surface area contributed by atoms with Crippen LogP contribution in [0.1, 0.15) is 15.9 Å². The van der Waals surface area contributed by atoms with Crippen molar-refractivity contribution >= 4 is 17.5 Å². The van der Waals surface area contributed by atoms with E-state index in [1.807, 2.05) is 49.4 Å². The highest BCUT2D eigenvalue weighted by molar-refractivity contribution is 5.95. The third-order valence-corrected chi connectivity index (χ3v) is 4.27. The van der Waals surface area contributed by atoms with Crippen molar-refractivity contribution in [3.8, 4) is 5.75 Å². The highest BCUT2D eigenvalue weighted by Gasteiger charge is 2.28. The summed E-state index contributed by atoms with van der Waals surface area (Å²) in [6.45, 7) is 2.64. The van der Waals surface area contributed by atoms with Crippen LogP contribution in [0.4, 0.5) is 5.69 Å². The van der Waals surface area contributed by atoms with Gasteiger partial charge < -0.3 is 19.7 Å². The van der Waals surface area contributed by atoms with Gasteiger partial charge in [-0.05, 0) is 31.2 Å². The minimum Gasteiger partial charge on any atom is -0.497 e. The fraction of sp³-hybridized carbons (Fsp3) is 0.300. The molecule has 0 radical (unpaired) electrons. The van der Waals surface area contributed by atoms with Crippen LogP contribution in [0.25, 0.3) is 0 Å². The van der Waals surface area contributed by atoms with E-state index in [1.165, 1.54) is 0 Å². The molecular weight excluding hydrogens is 332 g/mol. The summed E-state index contributed by atoms with van der Waals surface area (Å²) in [5, 5.41) is 2.88. The summed E-state index contributed by atoms with van der Waals surface area (Å²) in [4.78, 5) is 26.1. The molecule has 1 aliphatic rings. The number of hydrogen-bond donors (Lipinski definition) is 1. The molecule has 0 bridgehead atoms. The normalized spacial score (nSPS) is 17.1. The zero-order chi connectivity index (χ0) is 18.5. The standard InChI is InChI=1S/C20H22N2O4/c1-14-5-3-6-15(9-14)20(24)21-11-18-12-22(19(23)13-26-18)16-7-4-8-17(10-16)25-2/h3-10,18H,11-13H2,1-2H3,(H,21,24). The van der Waals surface area contributed by atoms with Crippen LogP contribution < -0.4 is 15.0 Å². The van der Waals surface area contributed by atoms with Crippen molar-refractivity contribution in [3.63, 3.8) is 0 Å². The molecule has 26 heavy (non-hydrogen) atoms. The quantitative estimate of drug-likeness (QED) is 0.894. The maximum Gasteiger partial charge on any atom is 0.253 e. The Bertz CT molecular complexity index is 806. The highest BCUT2D eigenvalue weighted by Crippen LogP contribution is 2.23. The number of anilines is 1. The second kappa shape index (κ2) is 8.01. The van der Waals surface area contributed by atoms with Crippen molar-refractivity contribution in [3.05, 3.63) is 59.7 Å². The molecule has 0 spiro atoms. The van der Waals surface area contributed by atoms with Gasteiger partial charge in [0, 0.05) is 23.9 Å². The predicted molar refractivity (Wildman–Crippen MR) is 98.6 cm³/mol. The first-order valence-corrected chi connectivity index (χ1v) is 8.47. The topological polar surface area (TPSA) is 67.9 Å². The molecule has 1 heterocycles. The van der Waals surface area contributed by atoms with Gasteiger partial charge in [-0.3, -0.25) is 9.59 Å². The van der Waals surface area contributed by atoms with E-state index in [0.717, 1.165) is 11.3 Å². The maximum absolute atomic E-state index is 12.3. The summed E-state index contributed by atoms with van der Waals surface area (Å²) in [5.74, 6) is 0.424. The largest absolute Gasteiger partial charge is 0.497 e. The molecule has 0 saturated carbocycles. The number of nitrogens with one attached hydrogen (secondary N) is 1. The van der Waals surface area contributed by atoms with E-state index < -0.39 is 0 Å². The summed E-state index contributed by atoms with van der Waals surface area (Å²) in [6, 6.07) is 14.7. The van der Waals surface area contributed by atoms with Gasteiger partial charge in [0.15, 0.2) is 0 Å². The number of rotatable bonds is 5. The predicted octanol–water partition coefficient (Wildman–Crippen LogP) is 2.17. The Labute approximate surface area is 152 Å². The number of benzene rings is 2. The van der Waals surface area contributed by atoms with Gasteiger partial charge in [-0.1, -0.05) is 23.8 Å². The van der Waals surface area contributed by atoms with Gasteiger partial charge in [0.1, 0.15) is 12.4 Å². The maximum atomic E-state index is 12.3. The van der Waals surface area contributed by atoms with E-state index in [4.69, 9.17) is 9.47 Å².